The highest BCUT2D eigenvalue weighted by molar-refractivity contribution is 7.99. The summed E-state index contributed by atoms with van der Waals surface area (Å²) in [6.07, 6.45) is 0. The molecule has 0 saturated carbocycles. The highest BCUT2D eigenvalue weighted by Crippen LogP contribution is 2.27. The standard InChI is InChI=1S/C9H10N4O2S2/c1-5-2-3-6(17-5)8-11-12-9(13(8)10)16-4-7(14)15/h2-3H,4,10H2,1H3,(H,14,15). The van der Waals surface area contributed by atoms with E-state index in [0.717, 1.165) is 21.5 Å². The van der Waals surface area contributed by atoms with Crippen molar-refractivity contribution in [2.45, 2.75) is 12.1 Å². The first-order chi connectivity index (χ1) is 8.08. The zero-order valence-corrected chi connectivity index (χ0v) is 10.6. The van der Waals surface area contributed by atoms with E-state index in [1.165, 1.54) is 4.68 Å². The van der Waals surface area contributed by atoms with Crippen LogP contribution in [0.15, 0.2) is 17.3 Å². The molecule has 0 aliphatic rings. The van der Waals surface area contributed by atoms with Gasteiger partial charge in [0.15, 0.2) is 5.82 Å². The summed E-state index contributed by atoms with van der Waals surface area (Å²) in [4.78, 5) is 12.5. The number of thiophene rings is 1. The zero-order chi connectivity index (χ0) is 12.4. The van der Waals surface area contributed by atoms with E-state index in [9.17, 15) is 4.79 Å². The number of rotatable bonds is 4. The highest BCUT2D eigenvalue weighted by atomic mass is 32.2. The number of thioether (sulfide) groups is 1. The third-order valence-corrected chi connectivity index (χ3v) is 3.87. The molecule has 0 atom stereocenters. The molecule has 6 nitrogen and oxygen atoms in total. The largest absolute Gasteiger partial charge is 0.481 e. The maximum Gasteiger partial charge on any atom is 0.313 e. The third-order valence-electron chi connectivity index (χ3n) is 1.95. The number of carboxylic acid groups (broad SMARTS) is 1. The predicted molar refractivity (Wildman–Crippen MR) is 66.6 cm³/mol. The van der Waals surface area contributed by atoms with Gasteiger partial charge in [-0.3, -0.25) is 4.79 Å². The Hall–Kier alpha value is -1.54. The molecular weight excluding hydrogens is 260 g/mol. The van der Waals surface area contributed by atoms with E-state index in [4.69, 9.17) is 10.9 Å². The fourth-order valence-corrected chi connectivity index (χ4v) is 2.65. The van der Waals surface area contributed by atoms with Crippen LogP contribution >= 0.6 is 23.1 Å². The third kappa shape index (κ3) is 2.59. The molecule has 0 unspecified atom stereocenters. The van der Waals surface area contributed by atoms with Crippen molar-refractivity contribution in [2.75, 3.05) is 11.6 Å². The molecule has 0 amide bonds. The summed E-state index contributed by atoms with van der Waals surface area (Å²) in [6, 6.07) is 3.89. The Morgan fingerprint density at radius 3 is 2.94 bits per heavy atom. The summed E-state index contributed by atoms with van der Waals surface area (Å²) < 4.78 is 1.32. The molecule has 0 fully saturated rings. The molecule has 0 spiro atoms. The van der Waals surface area contributed by atoms with E-state index in [-0.39, 0.29) is 5.75 Å². The predicted octanol–water partition coefficient (Wildman–Crippen LogP) is 1.21. The highest BCUT2D eigenvalue weighted by Gasteiger charge is 2.14. The van der Waals surface area contributed by atoms with Crippen LogP contribution in [0.25, 0.3) is 10.7 Å². The number of nitrogens with two attached hydrogens (primary N) is 1. The van der Waals surface area contributed by atoms with Crippen LogP contribution in [0.3, 0.4) is 0 Å². The normalized spacial score (nSPS) is 10.6. The summed E-state index contributed by atoms with van der Waals surface area (Å²) in [5.74, 6) is 5.37. The molecule has 17 heavy (non-hydrogen) atoms. The molecule has 0 saturated heterocycles. The lowest BCUT2D eigenvalue weighted by Crippen LogP contribution is -2.12. The SMILES string of the molecule is Cc1ccc(-c2nnc(SCC(=O)O)n2N)s1. The number of aromatic nitrogens is 3. The molecule has 0 bridgehead atoms. The fraction of sp³-hybridized carbons (Fsp3) is 0.222. The Morgan fingerprint density at radius 1 is 1.59 bits per heavy atom. The van der Waals surface area contributed by atoms with E-state index in [0.29, 0.717) is 11.0 Å². The molecule has 2 aromatic rings. The van der Waals surface area contributed by atoms with Gasteiger partial charge in [-0.05, 0) is 19.1 Å². The number of nitrogen functional groups attached to an aromatic ring is 1. The first kappa shape index (κ1) is 11.9. The number of hydrogen-bond donors (Lipinski definition) is 2. The van der Waals surface area contributed by atoms with E-state index in [1.54, 1.807) is 11.3 Å². The Balaban J connectivity index is 2.23. The second kappa shape index (κ2) is 4.76. The van der Waals surface area contributed by atoms with Gasteiger partial charge in [0.25, 0.3) is 0 Å². The second-order valence-electron chi connectivity index (χ2n) is 3.27. The maximum absolute atomic E-state index is 10.4. The molecular formula is C9H10N4O2S2. The van der Waals surface area contributed by atoms with Crippen molar-refractivity contribution in [3.05, 3.63) is 17.0 Å². The van der Waals surface area contributed by atoms with Crippen LogP contribution in [-0.2, 0) is 4.79 Å². The van der Waals surface area contributed by atoms with Gasteiger partial charge in [0.05, 0.1) is 10.6 Å². The molecule has 2 heterocycles. The number of aliphatic carboxylic acids is 1. The Labute approximate surface area is 105 Å². The molecule has 0 radical (unpaired) electrons. The number of hydrogen-bond acceptors (Lipinski definition) is 6. The van der Waals surface area contributed by atoms with Crippen LogP contribution in [0, 0.1) is 6.92 Å². The van der Waals surface area contributed by atoms with Gasteiger partial charge in [0.1, 0.15) is 0 Å². The minimum atomic E-state index is -0.911. The van der Waals surface area contributed by atoms with Crippen molar-refractivity contribution in [1.82, 2.24) is 14.9 Å². The lowest BCUT2D eigenvalue weighted by molar-refractivity contribution is -0.133. The van der Waals surface area contributed by atoms with E-state index in [2.05, 4.69) is 10.2 Å². The Kier molecular flexibility index (Phi) is 3.34. The van der Waals surface area contributed by atoms with E-state index < -0.39 is 5.97 Å². The molecule has 0 aliphatic carbocycles. The maximum atomic E-state index is 10.4. The average Bonchev–Trinajstić information content (AvgIpc) is 2.82. The smallest absolute Gasteiger partial charge is 0.313 e. The van der Waals surface area contributed by atoms with Crippen molar-refractivity contribution >= 4 is 29.1 Å². The minimum absolute atomic E-state index is 0.0845. The van der Waals surface area contributed by atoms with Gasteiger partial charge in [-0.25, -0.2) is 4.68 Å². The number of aryl methyl sites for hydroxylation is 1. The lowest BCUT2D eigenvalue weighted by atomic mass is 10.4. The van der Waals surface area contributed by atoms with Crippen LogP contribution in [0.1, 0.15) is 4.88 Å². The van der Waals surface area contributed by atoms with Crippen molar-refractivity contribution in [2.24, 2.45) is 0 Å². The van der Waals surface area contributed by atoms with Gasteiger partial charge in [0, 0.05) is 4.88 Å². The monoisotopic (exact) mass is 270 g/mol. The number of carbonyl (C=O) groups is 1. The minimum Gasteiger partial charge on any atom is -0.481 e. The second-order valence-corrected chi connectivity index (χ2v) is 5.50. The van der Waals surface area contributed by atoms with Crippen LogP contribution in [0.2, 0.25) is 0 Å². The molecule has 8 heteroatoms. The summed E-state index contributed by atoms with van der Waals surface area (Å²) >= 11 is 2.61. The van der Waals surface area contributed by atoms with Gasteiger partial charge in [-0.15, -0.1) is 21.5 Å². The molecule has 3 N–H and O–H groups in total. The van der Waals surface area contributed by atoms with Gasteiger partial charge >= 0.3 is 5.97 Å². The Morgan fingerprint density at radius 2 is 2.35 bits per heavy atom. The Bertz CT molecular complexity index is 549. The van der Waals surface area contributed by atoms with Crippen LogP contribution in [-0.4, -0.2) is 31.7 Å². The molecule has 90 valence electrons. The summed E-state index contributed by atoms with van der Waals surface area (Å²) in [6.45, 7) is 1.99. The molecule has 2 aromatic heterocycles. The van der Waals surface area contributed by atoms with E-state index >= 15 is 0 Å². The lowest BCUT2D eigenvalue weighted by Gasteiger charge is -2.00. The van der Waals surface area contributed by atoms with Crippen LogP contribution in [0.5, 0.6) is 0 Å². The van der Waals surface area contributed by atoms with Crippen molar-refractivity contribution < 1.29 is 9.90 Å². The molecule has 0 aromatic carbocycles. The van der Waals surface area contributed by atoms with Crippen molar-refractivity contribution in [3.63, 3.8) is 0 Å². The van der Waals surface area contributed by atoms with Gasteiger partial charge in [0.2, 0.25) is 5.16 Å². The summed E-state index contributed by atoms with van der Waals surface area (Å²) in [5, 5.41) is 16.8. The van der Waals surface area contributed by atoms with E-state index in [1.807, 2.05) is 19.1 Å². The topological polar surface area (TPSA) is 94.0 Å². The summed E-state index contributed by atoms with van der Waals surface area (Å²) in [5.41, 5.74) is 0. The van der Waals surface area contributed by atoms with Gasteiger partial charge in [-0.1, -0.05) is 11.8 Å². The molecule has 2 rings (SSSR count). The van der Waals surface area contributed by atoms with Gasteiger partial charge in [-0.2, -0.15) is 0 Å². The first-order valence-corrected chi connectivity index (χ1v) is 6.50. The average molecular weight is 270 g/mol. The first-order valence-electron chi connectivity index (χ1n) is 4.70. The van der Waals surface area contributed by atoms with Gasteiger partial charge < -0.3 is 10.9 Å². The fourth-order valence-electron chi connectivity index (χ4n) is 1.22. The van der Waals surface area contributed by atoms with Crippen LogP contribution in [0.4, 0.5) is 0 Å². The summed E-state index contributed by atoms with van der Waals surface area (Å²) in [7, 11) is 0. The zero-order valence-electron chi connectivity index (χ0n) is 8.95. The quantitative estimate of drug-likeness (QED) is 0.640. The van der Waals surface area contributed by atoms with Crippen LogP contribution < -0.4 is 5.84 Å². The van der Waals surface area contributed by atoms with Crippen molar-refractivity contribution in [3.8, 4) is 10.7 Å². The molecule has 0 aliphatic heterocycles. The number of carboxylic acids is 1. The number of nitrogens with zero attached hydrogens (tertiary/aromatic N) is 3. The van der Waals surface area contributed by atoms with Crippen molar-refractivity contribution in [1.29, 1.82) is 0 Å².